The van der Waals surface area contributed by atoms with E-state index in [1.807, 2.05) is 0 Å². The summed E-state index contributed by atoms with van der Waals surface area (Å²) in [5, 5.41) is 0. The van der Waals surface area contributed by atoms with Crippen molar-refractivity contribution in [3.8, 4) is 0 Å². The highest BCUT2D eigenvalue weighted by Gasteiger charge is 2.34. The van der Waals surface area contributed by atoms with Crippen LogP contribution in [0, 0.1) is 5.92 Å². The highest BCUT2D eigenvalue weighted by molar-refractivity contribution is 7.99. The minimum absolute atomic E-state index is 0.175. The Bertz CT molecular complexity index is 192. The van der Waals surface area contributed by atoms with Gasteiger partial charge in [-0.2, -0.15) is 11.8 Å². The third-order valence-corrected chi connectivity index (χ3v) is 4.69. The minimum Gasteiger partial charge on any atom is -0.324 e. The van der Waals surface area contributed by atoms with Crippen molar-refractivity contribution in [2.75, 3.05) is 31.1 Å². The van der Waals surface area contributed by atoms with E-state index in [2.05, 4.69) is 23.6 Å². The van der Waals surface area contributed by atoms with Crippen LogP contribution in [-0.4, -0.2) is 41.6 Å². The lowest BCUT2D eigenvalue weighted by atomic mass is 9.77. The summed E-state index contributed by atoms with van der Waals surface area (Å²) >= 11 is 2.10. The van der Waals surface area contributed by atoms with E-state index in [-0.39, 0.29) is 5.54 Å². The molecule has 0 amide bonds. The molecule has 0 aromatic carbocycles. The second-order valence-electron chi connectivity index (χ2n) is 5.13. The van der Waals surface area contributed by atoms with Crippen LogP contribution >= 0.6 is 11.8 Å². The molecule has 1 aliphatic carbocycles. The quantitative estimate of drug-likeness (QED) is 0.756. The number of hydrogen-bond acceptors (Lipinski definition) is 3. The summed E-state index contributed by atoms with van der Waals surface area (Å²) in [6, 6.07) is 0. The Hall–Kier alpha value is 0.270. The van der Waals surface area contributed by atoms with E-state index in [1.54, 1.807) is 0 Å². The van der Waals surface area contributed by atoms with Gasteiger partial charge in [-0.05, 0) is 30.9 Å². The maximum atomic E-state index is 6.28. The van der Waals surface area contributed by atoms with Crippen molar-refractivity contribution in [2.24, 2.45) is 11.7 Å². The van der Waals surface area contributed by atoms with Crippen molar-refractivity contribution in [1.29, 1.82) is 0 Å². The van der Waals surface area contributed by atoms with Crippen molar-refractivity contribution in [3.05, 3.63) is 0 Å². The van der Waals surface area contributed by atoms with Crippen molar-refractivity contribution in [1.82, 2.24) is 4.90 Å². The Morgan fingerprint density at radius 2 is 2.29 bits per heavy atom. The molecule has 14 heavy (non-hydrogen) atoms. The molecule has 1 atom stereocenters. The molecule has 0 aromatic rings. The van der Waals surface area contributed by atoms with E-state index in [0.29, 0.717) is 0 Å². The fraction of sp³-hybridized carbons (Fsp3) is 1.00. The lowest BCUT2D eigenvalue weighted by Crippen LogP contribution is -2.55. The van der Waals surface area contributed by atoms with Gasteiger partial charge in [-0.25, -0.2) is 0 Å². The summed E-state index contributed by atoms with van der Waals surface area (Å²) in [6.07, 6.45) is 3.82. The van der Waals surface area contributed by atoms with Crippen LogP contribution in [0.15, 0.2) is 0 Å². The first-order chi connectivity index (χ1) is 6.68. The second kappa shape index (κ2) is 4.42. The second-order valence-corrected chi connectivity index (χ2v) is 6.28. The van der Waals surface area contributed by atoms with Crippen LogP contribution in [-0.2, 0) is 0 Å². The van der Waals surface area contributed by atoms with Crippen molar-refractivity contribution in [3.63, 3.8) is 0 Å². The lowest BCUT2D eigenvalue weighted by molar-refractivity contribution is 0.142. The van der Waals surface area contributed by atoms with Gasteiger partial charge in [-0.1, -0.05) is 6.92 Å². The number of hydrogen-bond donors (Lipinski definition) is 1. The van der Waals surface area contributed by atoms with E-state index in [1.165, 1.54) is 43.9 Å². The Morgan fingerprint density at radius 1 is 1.50 bits per heavy atom. The van der Waals surface area contributed by atoms with E-state index < -0.39 is 0 Å². The smallest absolute Gasteiger partial charge is 0.0283 e. The van der Waals surface area contributed by atoms with Crippen LogP contribution < -0.4 is 5.73 Å². The van der Waals surface area contributed by atoms with Gasteiger partial charge in [0, 0.05) is 30.9 Å². The summed E-state index contributed by atoms with van der Waals surface area (Å²) in [6.45, 7) is 5.99. The molecule has 1 unspecified atom stereocenters. The molecule has 2 rings (SSSR count). The summed E-state index contributed by atoms with van der Waals surface area (Å²) in [4.78, 5) is 2.59. The molecule has 0 radical (unpaired) electrons. The van der Waals surface area contributed by atoms with Gasteiger partial charge >= 0.3 is 0 Å². The highest BCUT2D eigenvalue weighted by atomic mass is 32.2. The molecule has 1 saturated carbocycles. The Labute approximate surface area is 91.6 Å². The molecule has 82 valence electrons. The van der Waals surface area contributed by atoms with Crippen LogP contribution in [0.1, 0.15) is 26.2 Å². The Morgan fingerprint density at radius 3 is 2.93 bits per heavy atom. The van der Waals surface area contributed by atoms with Crippen molar-refractivity contribution < 1.29 is 0 Å². The molecule has 2 fully saturated rings. The molecule has 2 nitrogen and oxygen atoms in total. The van der Waals surface area contributed by atoms with Gasteiger partial charge in [-0.3, -0.25) is 0 Å². The Balaban J connectivity index is 1.83. The fourth-order valence-corrected chi connectivity index (χ4v) is 3.50. The number of rotatable bonds is 2. The normalized spacial score (nSPS) is 33.4. The van der Waals surface area contributed by atoms with Crippen LogP contribution in [0.3, 0.4) is 0 Å². The molecule has 0 bridgehead atoms. The molecule has 1 heterocycles. The van der Waals surface area contributed by atoms with Gasteiger partial charge < -0.3 is 10.6 Å². The maximum Gasteiger partial charge on any atom is 0.0283 e. The van der Waals surface area contributed by atoms with E-state index in [4.69, 9.17) is 5.73 Å². The Kier molecular flexibility index (Phi) is 3.40. The van der Waals surface area contributed by atoms with Gasteiger partial charge in [0.05, 0.1) is 0 Å². The zero-order valence-corrected chi connectivity index (χ0v) is 9.98. The largest absolute Gasteiger partial charge is 0.324 e. The highest BCUT2D eigenvalue weighted by Crippen LogP contribution is 2.30. The van der Waals surface area contributed by atoms with Gasteiger partial charge in [0.1, 0.15) is 0 Å². The summed E-state index contributed by atoms with van der Waals surface area (Å²) in [5.41, 5.74) is 6.46. The van der Waals surface area contributed by atoms with E-state index in [0.717, 1.165) is 12.5 Å². The third-order valence-electron chi connectivity index (χ3n) is 3.41. The molecule has 1 aliphatic heterocycles. The van der Waals surface area contributed by atoms with Crippen molar-refractivity contribution in [2.45, 2.75) is 31.7 Å². The maximum absolute atomic E-state index is 6.28. The molecule has 0 aromatic heterocycles. The monoisotopic (exact) mass is 214 g/mol. The molecule has 2 aliphatic rings. The topological polar surface area (TPSA) is 29.3 Å². The molecule has 2 N–H and O–H groups in total. The molecule has 0 spiro atoms. The van der Waals surface area contributed by atoms with Crippen LogP contribution in [0.5, 0.6) is 0 Å². The molecular weight excluding hydrogens is 192 g/mol. The van der Waals surface area contributed by atoms with E-state index in [9.17, 15) is 0 Å². The van der Waals surface area contributed by atoms with Gasteiger partial charge in [0.2, 0.25) is 0 Å². The summed E-state index contributed by atoms with van der Waals surface area (Å²) in [5.74, 6) is 3.46. The van der Waals surface area contributed by atoms with Crippen LogP contribution in [0.25, 0.3) is 0 Å². The molecule has 1 saturated heterocycles. The SMILES string of the molecule is CC1CSCCN(CC2(N)CCC2)C1. The average molecular weight is 214 g/mol. The van der Waals surface area contributed by atoms with Gasteiger partial charge in [0.25, 0.3) is 0 Å². The zero-order chi connectivity index (χ0) is 10.0. The third kappa shape index (κ3) is 2.65. The fourth-order valence-electron chi connectivity index (χ4n) is 2.44. The minimum atomic E-state index is 0.175. The lowest BCUT2D eigenvalue weighted by Gasteiger charge is -2.42. The molecule has 3 heteroatoms. The molecular formula is C11H22N2S. The summed E-state index contributed by atoms with van der Waals surface area (Å²) < 4.78 is 0. The average Bonchev–Trinajstić information content (AvgIpc) is 2.27. The van der Waals surface area contributed by atoms with Gasteiger partial charge in [-0.15, -0.1) is 0 Å². The first-order valence-corrected chi connectivity index (χ1v) is 6.92. The van der Waals surface area contributed by atoms with Crippen LogP contribution in [0.2, 0.25) is 0 Å². The number of thioether (sulfide) groups is 1. The summed E-state index contributed by atoms with van der Waals surface area (Å²) in [7, 11) is 0. The standard InChI is InChI=1S/C11H22N2S/c1-10-7-13(5-6-14-8-10)9-11(12)3-2-4-11/h10H,2-9,12H2,1H3. The van der Waals surface area contributed by atoms with E-state index >= 15 is 0 Å². The number of nitrogens with zero attached hydrogens (tertiary/aromatic N) is 1. The van der Waals surface area contributed by atoms with Gasteiger partial charge in [0.15, 0.2) is 0 Å². The first-order valence-electron chi connectivity index (χ1n) is 5.77. The van der Waals surface area contributed by atoms with Crippen LogP contribution in [0.4, 0.5) is 0 Å². The predicted octanol–water partition coefficient (Wildman–Crippen LogP) is 1.55. The number of nitrogens with two attached hydrogens (primary N) is 1. The first kappa shape index (κ1) is 10.8. The van der Waals surface area contributed by atoms with Crippen molar-refractivity contribution >= 4 is 11.8 Å². The predicted molar refractivity (Wildman–Crippen MR) is 63.7 cm³/mol. The zero-order valence-electron chi connectivity index (χ0n) is 9.17.